The van der Waals surface area contributed by atoms with E-state index in [1.807, 2.05) is 49.0 Å². The van der Waals surface area contributed by atoms with Crippen molar-refractivity contribution in [1.82, 2.24) is 0 Å². The predicted molar refractivity (Wildman–Crippen MR) is 123 cm³/mol. The van der Waals surface area contributed by atoms with Gasteiger partial charge in [-0.2, -0.15) is 0 Å². The van der Waals surface area contributed by atoms with Crippen LogP contribution in [0.2, 0.25) is 19.6 Å². The van der Waals surface area contributed by atoms with E-state index < -0.39 is 25.2 Å². The maximum absolute atomic E-state index is 7.01. The Labute approximate surface area is 170 Å². The molecule has 0 aliphatic heterocycles. The summed E-state index contributed by atoms with van der Waals surface area (Å²) in [6, 6.07) is 30.9. The van der Waals surface area contributed by atoms with E-state index in [1.165, 1.54) is 5.19 Å². The van der Waals surface area contributed by atoms with Gasteiger partial charge in [0.2, 0.25) is 0 Å². The molecule has 0 N–H and O–H groups in total. The molecular weight excluding hydrogens is 404 g/mol. The lowest BCUT2D eigenvalue weighted by molar-refractivity contribution is 0.425. The van der Waals surface area contributed by atoms with Crippen LogP contribution in [0.1, 0.15) is 0 Å². The van der Waals surface area contributed by atoms with Crippen molar-refractivity contribution in [1.29, 1.82) is 0 Å². The molecule has 0 bridgehead atoms. The van der Waals surface area contributed by atoms with Crippen molar-refractivity contribution in [2.45, 2.75) is 19.6 Å². The first-order valence-electron chi connectivity index (χ1n) is 9.14. The van der Waals surface area contributed by atoms with Crippen molar-refractivity contribution in [2.24, 2.45) is 0 Å². The third-order valence-electron chi connectivity index (χ3n) is 4.64. The average molecular weight is 429 g/mol. The van der Waals surface area contributed by atoms with Crippen molar-refractivity contribution in [3.05, 3.63) is 91.0 Å². The summed E-state index contributed by atoms with van der Waals surface area (Å²) in [6.07, 6.45) is 0. The fourth-order valence-corrected chi connectivity index (χ4v) is 15.5. The van der Waals surface area contributed by atoms with E-state index >= 15 is 0 Å². The lowest BCUT2D eigenvalue weighted by atomic mass is 10.4. The summed E-state index contributed by atoms with van der Waals surface area (Å²) in [7, 11) is -6.97. The molecule has 140 valence electrons. The molecule has 0 aliphatic carbocycles. The third kappa shape index (κ3) is 5.07. The second-order valence-electron chi connectivity index (χ2n) is 6.87. The number of rotatable bonds is 7. The Morgan fingerprint density at radius 1 is 0.704 bits per heavy atom. The maximum Gasteiger partial charge on any atom is 0.349 e. The Morgan fingerprint density at radius 2 is 1.15 bits per heavy atom. The highest BCUT2D eigenvalue weighted by Crippen LogP contribution is 2.20. The molecule has 0 saturated heterocycles. The second kappa shape index (κ2) is 8.69. The van der Waals surface area contributed by atoms with Crippen LogP contribution in [0.5, 0.6) is 0 Å². The van der Waals surface area contributed by atoms with Gasteiger partial charge in [-0.25, -0.2) is 0 Å². The van der Waals surface area contributed by atoms with Gasteiger partial charge in [-0.05, 0) is 35.2 Å². The number of hydrogen-bond donors (Lipinski definition) is 0. The van der Waals surface area contributed by atoms with Crippen LogP contribution in [0.25, 0.3) is 0 Å². The SMILES string of the molecule is C[SiH](O[Si](C)(O[Si](C)(Cl)c1ccccc1)c1ccccc1)c1ccccc1. The zero-order valence-corrected chi connectivity index (χ0v) is 19.8. The van der Waals surface area contributed by atoms with Crippen LogP contribution < -0.4 is 15.6 Å². The smallest absolute Gasteiger partial charge is 0.349 e. The number of halogens is 1. The highest BCUT2D eigenvalue weighted by Gasteiger charge is 2.44. The molecule has 0 heterocycles. The van der Waals surface area contributed by atoms with Crippen molar-refractivity contribution < 1.29 is 8.23 Å². The first-order valence-corrected chi connectivity index (χ1v) is 17.1. The molecule has 27 heavy (non-hydrogen) atoms. The van der Waals surface area contributed by atoms with Crippen LogP contribution in [0.15, 0.2) is 91.0 Å². The Balaban J connectivity index is 1.93. The zero-order valence-electron chi connectivity index (χ0n) is 15.9. The summed E-state index contributed by atoms with van der Waals surface area (Å²) in [6.45, 7) is 6.38. The molecule has 0 aromatic heterocycles. The molecule has 0 saturated carbocycles. The summed E-state index contributed by atoms with van der Waals surface area (Å²) in [5, 5.41) is 3.46. The van der Waals surface area contributed by atoms with Crippen LogP contribution in [0, 0.1) is 0 Å². The molecule has 6 heteroatoms. The van der Waals surface area contributed by atoms with Crippen molar-refractivity contribution in [2.75, 3.05) is 0 Å². The van der Waals surface area contributed by atoms with Crippen LogP contribution in [0.4, 0.5) is 0 Å². The Bertz CT molecular complexity index is 847. The van der Waals surface area contributed by atoms with E-state index in [2.05, 4.69) is 61.6 Å². The Hall–Kier alpha value is -1.48. The van der Waals surface area contributed by atoms with Crippen molar-refractivity contribution >= 4 is 51.9 Å². The molecule has 0 aliphatic rings. The van der Waals surface area contributed by atoms with Crippen LogP contribution >= 0.6 is 11.1 Å². The van der Waals surface area contributed by atoms with E-state index in [9.17, 15) is 0 Å². The van der Waals surface area contributed by atoms with Gasteiger partial charge in [0, 0.05) is 0 Å². The molecule has 0 amide bonds. The summed E-state index contributed by atoms with van der Waals surface area (Å²) < 4.78 is 13.5. The van der Waals surface area contributed by atoms with Crippen molar-refractivity contribution in [3.8, 4) is 0 Å². The highest BCUT2D eigenvalue weighted by molar-refractivity contribution is 7.25. The molecule has 3 rings (SSSR count). The summed E-state index contributed by atoms with van der Waals surface area (Å²) in [4.78, 5) is 0. The highest BCUT2D eigenvalue weighted by atomic mass is 35.6. The fraction of sp³-hybridized carbons (Fsp3) is 0.143. The monoisotopic (exact) mass is 428 g/mol. The Kier molecular flexibility index (Phi) is 6.52. The third-order valence-corrected chi connectivity index (χ3v) is 16.4. The normalized spacial score (nSPS) is 16.9. The minimum atomic E-state index is -2.70. The molecule has 0 radical (unpaired) electrons. The van der Waals surface area contributed by atoms with Gasteiger partial charge in [0.25, 0.3) is 0 Å². The largest absolute Gasteiger partial charge is 0.432 e. The lowest BCUT2D eigenvalue weighted by Gasteiger charge is -2.36. The van der Waals surface area contributed by atoms with Gasteiger partial charge in [0.15, 0.2) is 9.04 Å². The van der Waals surface area contributed by atoms with E-state index in [0.29, 0.717) is 0 Å². The first kappa shape index (κ1) is 20.3. The molecule has 2 nitrogen and oxygen atoms in total. The molecule has 0 fully saturated rings. The molecule has 0 spiro atoms. The fourth-order valence-electron chi connectivity index (χ4n) is 3.18. The standard InChI is InChI=1S/C21H25ClO2Si3/c1-25(19-13-7-4-8-14-19)23-27(3,21-17-11-6-12-18-21)24-26(2,22)20-15-9-5-10-16-20/h4-18,25H,1-3H3. The van der Waals surface area contributed by atoms with Gasteiger partial charge in [-0.1, -0.05) is 91.0 Å². The predicted octanol–water partition coefficient (Wildman–Crippen LogP) is 3.48. The van der Waals surface area contributed by atoms with Gasteiger partial charge < -0.3 is 8.23 Å². The van der Waals surface area contributed by atoms with Gasteiger partial charge in [-0.3, -0.25) is 0 Å². The van der Waals surface area contributed by atoms with E-state index in [0.717, 1.165) is 10.4 Å². The minimum Gasteiger partial charge on any atom is -0.432 e. The molecular formula is C21H25ClO2Si3. The summed E-state index contributed by atoms with van der Waals surface area (Å²) in [5.74, 6) is 0. The van der Waals surface area contributed by atoms with Gasteiger partial charge in [-0.15, -0.1) is 11.1 Å². The van der Waals surface area contributed by atoms with E-state index in [4.69, 9.17) is 19.3 Å². The van der Waals surface area contributed by atoms with Crippen molar-refractivity contribution in [3.63, 3.8) is 0 Å². The average Bonchev–Trinajstić information content (AvgIpc) is 2.69. The van der Waals surface area contributed by atoms with Gasteiger partial charge in [0.05, 0.1) is 0 Å². The zero-order chi connectivity index (χ0) is 19.3. The number of benzene rings is 3. The van der Waals surface area contributed by atoms with Gasteiger partial charge in [0.1, 0.15) is 0 Å². The molecule has 3 aromatic rings. The summed E-state index contributed by atoms with van der Waals surface area (Å²) in [5.41, 5.74) is 0. The quantitative estimate of drug-likeness (QED) is 0.423. The summed E-state index contributed by atoms with van der Waals surface area (Å²) >= 11 is 7.01. The molecule has 3 unspecified atom stereocenters. The topological polar surface area (TPSA) is 18.5 Å². The van der Waals surface area contributed by atoms with E-state index in [1.54, 1.807) is 0 Å². The molecule has 3 atom stereocenters. The lowest BCUT2D eigenvalue weighted by Crippen LogP contribution is -2.62. The second-order valence-corrected chi connectivity index (χ2v) is 17.6. The van der Waals surface area contributed by atoms with Crippen LogP contribution in [-0.2, 0) is 8.23 Å². The molecule has 3 aromatic carbocycles. The minimum absolute atomic E-state index is 1.07. The number of hydrogen-bond acceptors (Lipinski definition) is 2. The first-order chi connectivity index (χ1) is 12.9. The van der Waals surface area contributed by atoms with E-state index in [-0.39, 0.29) is 0 Å². The van der Waals surface area contributed by atoms with Crippen LogP contribution in [-0.4, -0.2) is 25.2 Å². The Morgan fingerprint density at radius 3 is 1.67 bits per heavy atom. The van der Waals surface area contributed by atoms with Gasteiger partial charge >= 0.3 is 16.2 Å². The maximum atomic E-state index is 7.01. The van der Waals surface area contributed by atoms with Crippen LogP contribution in [0.3, 0.4) is 0 Å².